The summed E-state index contributed by atoms with van der Waals surface area (Å²) in [4.78, 5) is 12.0. The lowest BCUT2D eigenvalue weighted by atomic mass is 10.1. The van der Waals surface area contributed by atoms with Crippen LogP contribution >= 0.6 is 0 Å². The molecule has 22 heavy (non-hydrogen) atoms. The number of carbonyl (C=O) groups excluding carboxylic acids is 1. The van der Waals surface area contributed by atoms with Crippen molar-refractivity contribution in [2.45, 2.75) is 34.1 Å². The molecule has 0 saturated carbocycles. The van der Waals surface area contributed by atoms with E-state index in [1.807, 2.05) is 45.0 Å². The van der Waals surface area contributed by atoms with Crippen LogP contribution in [0.3, 0.4) is 0 Å². The van der Waals surface area contributed by atoms with Gasteiger partial charge in [0.2, 0.25) is 0 Å². The Hall–Kier alpha value is -2.36. The fraction of sp³-hybridized carbons (Fsp3) is 0.278. The first-order valence-corrected chi connectivity index (χ1v) is 7.33. The van der Waals surface area contributed by atoms with Crippen LogP contribution in [0, 0.1) is 0 Å². The zero-order chi connectivity index (χ0) is 16.5. The number of hydrogen-bond donors (Lipinski definition) is 2. The highest BCUT2D eigenvalue weighted by Crippen LogP contribution is 2.14. The van der Waals surface area contributed by atoms with E-state index in [9.17, 15) is 9.18 Å². The Bertz CT molecular complexity index is 615. The van der Waals surface area contributed by atoms with Crippen molar-refractivity contribution < 1.29 is 9.18 Å². The van der Waals surface area contributed by atoms with Crippen LogP contribution in [0.25, 0.3) is 0 Å². The number of carbonyl (C=O) groups is 1. The SMILES string of the molecule is C\C=C(C)/C=C(NC(=O)Nc1cccc(CC)c1)\C(F)=C/C. The third-order valence-corrected chi connectivity index (χ3v) is 3.18. The molecule has 0 fully saturated rings. The van der Waals surface area contributed by atoms with E-state index in [4.69, 9.17) is 0 Å². The van der Waals surface area contributed by atoms with Crippen molar-refractivity contribution in [2.75, 3.05) is 5.32 Å². The molecule has 2 amide bonds. The van der Waals surface area contributed by atoms with Gasteiger partial charge in [0, 0.05) is 5.69 Å². The van der Waals surface area contributed by atoms with Gasteiger partial charge in [0.05, 0.1) is 5.70 Å². The average molecular weight is 302 g/mol. The predicted molar refractivity (Wildman–Crippen MR) is 90.4 cm³/mol. The molecule has 0 unspecified atom stereocenters. The number of allylic oxidation sites excluding steroid dienone is 5. The van der Waals surface area contributed by atoms with Gasteiger partial charge in [-0.2, -0.15) is 0 Å². The molecule has 0 aliphatic heterocycles. The van der Waals surface area contributed by atoms with Crippen LogP contribution in [0.1, 0.15) is 33.3 Å². The van der Waals surface area contributed by atoms with Crippen molar-refractivity contribution in [3.63, 3.8) is 0 Å². The summed E-state index contributed by atoms with van der Waals surface area (Å²) in [6, 6.07) is 7.09. The Kier molecular flexibility index (Phi) is 7.09. The first-order chi connectivity index (χ1) is 10.5. The summed E-state index contributed by atoms with van der Waals surface area (Å²) >= 11 is 0. The summed E-state index contributed by atoms with van der Waals surface area (Å²) in [6.45, 7) is 7.32. The van der Waals surface area contributed by atoms with Gasteiger partial charge in [-0.25, -0.2) is 9.18 Å². The Morgan fingerprint density at radius 3 is 2.59 bits per heavy atom. The molecule has 118 valence electrons. The van der Waals surface area contributed by atoms with E-state index in [-0.39, 0.29) is 5.70 Å². The summed E-state index contributed by atoms with van der Waals surface area (Å²) in [5.74, 6) is -0.473. The van der Waals surface area contributed by atoms with Gasteiger partial charge in [-0.15, -0.1) is 0 Å². The van der Waals surface area contributed by atoms with Crippen LogP contribution in [0.2, 0.25) is 0 Å². The molecular weight excluding hydrogens is 279 g/mol. The second-order valence-corrected chi connectivity index (χ2v) is 4.86. The van der Waals surface area contributed by atoms with Crippen LogP contribution in [-0.4, -0.2) is 6.03 Å². The number of amides is 2. The lowest BCUT2D eigenvalue weighted by Gasteiger charge is -2.11. The summed E-state index contributed by atoms with van der Waals surface area (Å²) < 4.78 is 13.8. The zero-order valence-corrected chi connectivity index (χ0v) is 13.5. The summed E-state index contributed by atoms with van der Waals surface area (Å²) in [7, 11) is 0. The fourth-order valence-electron chi connectivity index (χ4n) is 1.78. The summed E-state index contributed by atoms with van der Waals surface area (Å²) in [5.41, 5.74) is 2.81. The largest absolute Gasteiger partial charge is 0.323 e. The standard InChI is InChI=1S/C18H23FN2O/c1-5-13(4)11-17(16(19)7-3)21-18(22)20-15-10-8-9-14(6-2)12-15/h5,7-12H,6H2,1-4H3,(H2,20,21,22)/b13-5-,16-7+,17-11+. The number of urea groups is 1. The second kappa shape index (κ2) is 8.82. The van der Waals surface area contributed by atoms with Crippen molar-refractivity contribution in [1.29, 1.82) is 0 Å². The van der Waals surface area contributed by atoms with E-state index in [2.05, 4.69) is 10.6 Å². The molecule has 0 aliphatic rings. The lowest BCUT2D eigenvalue weighted by Crippen LogP contribution is -2.28. The van der Waals surface area contributed by atoms with Crippen molar-refractivity contribution in [2.24, 2.45) is 0 Å². The highest BCUT2D eigenvalue weighted by Gasteiger charge is 2.09. The number of aryl methyl sites for hydroxylation is 1. The summed E-state index contributed by atoms with van der Waals surface area (Å²) in [6.07, 6.45) is 5.63. The van der Waals surface area contributed by atoms with Gasteiger partial charge in [-0.3, -0.25) is 0 Å². The van der Waals surface area contributed by atoms with Gasteiger partial charge in [0.1, 0.15) is 5.83 Å². The van der Waals surface area contributed by atoms with Gasteiger partial charge >= 0.3 is 6.03 Å². The molecule has 1 rings (SSSR count). The first-order valence-electron chi connectivity index (χ1n) is 7.33. The van der Waals surface area contributed by atoms with Gasteiger partial charge in [-0.05, 0) is 57.0 Å². The number of nitrogens with one attached hydrogen (secondary N) is 2. The minimum Gasteiger partial charge on any atom is -0.308 e. The van der Waals surface area contributed by atoms with Crippen molar-refractivity contribution in [3.05, 3.63) is 65.2 Å². The molecule has 0 spiro atoms. The number of halogens is 1. The van der Waals surface area contributed by atoms with E-state index in [1.54, 1.807) is 19.1 Å². The Morgan fingerprint density at radius 1 is 1.27 bits per heavy atom. The topological polar surface area (TPSA) is 41.1 Å². The van der Waals surface area contributed by atoms with Gasteiger partial charge in [0.25, 0.3) is 0 Å². The number of hydrogen-bond acceptors (Lipinski definition) is 1. The average Bonchev–Trinajstić information content (AvgIpc) is 2.53. The molecule has 4 heteroatoms. The Balaban J connectivity index is 2.85. The quantitative estimate of drug-likeness (QED) is 0.730. The lowest BCUT2D eigenvalue weighted by molar-refractivity contribution is 0.254. The molecule has 0 heterocycles. The smallest absolute Gasteiger partial charge is 0.308 e. The number of rotatable bonds is 5. The van der Waals surface area contributed by atoms with Crippen LogP contribution in [0.4, 0.5) is 14.9 Å². The highest BCUT2D eigenvalue weighted by atomic mass is 19.1. The minimum absolute atomic E-state index is 0.141. The molecule has 0 aliphatic carbocycles. The number of benzene rings is 1. The normalized spacial score (nSPS) is 13.0. The minimum atomic E-state index is -0.473. The molecule has 0 saturated heterocycles. The van der Waals surface area contributed by atoms with Crippen LogP contribution in [0.15, 0.2) is 59.6 Å². The zero-order valence-electron chi connectivity index (χ0n) is 13.5. The predicted octanol–water partition coefficient (Wildman–Crippen LogP) is 5.09. The highest BCUT2D eigenvalue weighted by molar-refractivity contribution is 5.90. The maximum Gasteiger partial charge on any atom is 0.323 e. The molecular formula is C18H23FN2O. The van der Waals surface area contributed by atoms with Gasteiger partial charge in [-0.1, -0.05) is 30.7 Å². The molecule has 0 aromatic heterocycles. The second-order valence-electron chi connectivity index (χ2n) is 4.86. The van der Waals surface area contributed by atoms with Crippen LogP contribution < -0.4 is 10.6 Å². The van der Waals surface area contributed by atoms with Gasteiger partial charge in [0.15, 0.2) is 0 Å². The van der Waals surface area contributed by atoms with E-state index < -0.39 is 11.9 Å². The van der Waals surface area contributed by atoms with Gasteiger partial charge < -0.3 is 10.6 Å². The van der Waals surface area contributed by atoms with Crippen LogP contribution in [0.5, 0.6) is 0 Å². The van der Waals surface area contributed by atoms with E-state index >= 15 is 0 Å². The molecule has 2 N–H and O–H groups in total. The van der Waals surface area contributed by atoms with Crippen LogP contribution in [-0.2, 0) is 6.42 Å². The molecule has 0 radical (unpaired) electrons. The molecule has 0 bridgehead atoms. The molecule has 1 aromatic rings. The van der Waals surface area contributed by atoms with Crippen molar-refractivity contribution in [3.8, 4) is 0 Å². The third kappa shape index (κ3) is 5.56. The Labute approximate surface area is 131 Å². The van der Waals surface area contributed by atoms with E-state index in [0.717, 1.165) is 17.6 Å². The van der Waals surface area contributed by atoms with E-state index in [1.165, 1.54) is 6.08 Å². The Morgan fingerprint density at radius 2 is 2.00 bits per heavy atom. The van der Waals surface area contributed by atoms with Crippen molar-refractivity contribution >= 4 is 11.7 Å². The first kappa shape index (κ1) is 17.7. The summed E-state index contributed by atoms with van der Waals surface area (Å²) in [5, 5.41) is 5.26. The van der Waals surface area contributed by atoms with Crippen molar-refractivity contribution in [1.82, 2.24) is 5.32 Å². The van der Waals surface area contributed by atoms with E-state index in [0.29, 0.717) is 5.69 Å². The maximum absolute atomic E-state index is 13.8. The molecule has 0 atom stereocenters. The third-order valence-electron chi connectivity index (χ3n) is 3.18. The molecule has 3 nitrogen and oxygen atoms in total. The fourth-order valence-corrected chi connectivity index (χ4v) is 1.78. The number of anilines is 1. The monoisotopic (exact) mass is 302 g/mol. The molecule has 1 aromatic carbocycles. The maximum atomic E-state index is 13.8.